The molecule has 1 unspecified atom stereocenters. The normalized spacial score (nSPS) is 24.4. The van der Waals surface area contributed by atoms with Gasteiger partial charge in [0.05, 0.1) is 11.6 Å². The second-order valence-corrected chi connectivity index (χ2v) is 11.5. The van der Waals surface area contributed by atoms with Crippen molar-refractivity contribution in [1.29, 1.82) is 0 Å². The van der Waals surface area contributed by atoms with Crippen LogP contribution in [0, 0.1) is 0 Å². The topological polar surface area (TPSA) is 158 Å². The number of hydrogen-bond acceptors (Lipinski definition) is 9. The second-order valence-electron chi connectivity index (χ2n) is 9.40. The molecule has 2 heterocycles. The number of nitrogens with zero attached hydrogens (tertiary/aromatic N) is 1. The zero-order valence-electron chi connectivity index (χ0n) is 21.9. The molecule has 12 nitrogen and oxygen atoms in total. The van der Waals surface area contributed by atoms with Gasteiger partial charge in [0, 0.05) is 12.3 Å². The monoisotopic (exact) mass is 611 g/mol. The van der Waals surface area contributed by atoms with Crippen LogP contribution in [0.1, 0.15) is 25.6 Å². The number of H-pyrrole nitrogens is 1. The first kappa shape index (κ1) is 30.6. The van der Waals surface area contributed by atoms with E-state index in [1.807, 2.05) is 11.1 Å². The summed E-state index contributed by atoms with van der Waals surface area (Å²) in [4.78, 5) is 38.3. The number of aliphatic hydroxyl groups excluding tert-OH is 1. The first-order chi connectivity index (χ1) is 19.4. The summed E-state index contributed by atoms with van der Waals surface area (Å²) in [5.41, 5.74) is -3.45. The first-order valence-corrected chi connectivity index (χ1v) is 14.3. The second kappa shape index (κ2) is 12.7. The summed E-state index contributed by atoms with van der Waals surface area (Å²) in [6.45, 7) is 1.64. The van der Waals surface area contributed by atoms with E-state index in [1.54, 1.807) is 36.4 Å². The molecular weight excluding hydrogens is 584 g/mol. The average molecular weight is 612 g/mol. The molecule has 41 heavy (non-hydrogen) atoms. The number of hydrogen-bond donors (Lipinski definition) is 3. The molecule has 1 aromatic heterocycles. The van der Waals surface area contributed by atoms with E-state index in [-0.39, 0.29) is 17.4 Å². The summed E-state index contributed by atoms with van der Waals surface area (Å²) < 4.78 is 52.1. The Bertz CT molecular complexity index is 1530. The Morgan fingerprint density at radius 2 is 1.90 bits per heavy atom. The fraction of sp³-hybridized carbons (Fsp3) is 0.346. The maximum Gasteiger partial charge on any atom is 0.459 e. The average Bonchev–Trinajstić information content (AvgIpc) is 3.16. The molecule has 3 N–H and O–H groups in total. The van der Waals surface area contributed by atoms with Crippen molar-refractivity contribution >= 4 is 25.3 Å². The number of benzene rings is 2. The molecule has 15 heteroatoms. The Hall–Kier alpha value is -3.32. The maximum atomic E-state index is 15.6. The van der Waals surface area contributed by atoms with Crippen molar-refractivity contribution in [3.8, 4) is 5.75 Å². The minimum Gasteiger partial charge on any atom is -0.460 e. The van der Waals surface area contributed by atoms with Gasteiger partial charge in [-0.3, -0.25) is 23.7 Å². The number of carbonyl (C=O) groups is 1. The lowest BCUT2D eigenvalue weighted by molar-refractivity contribution is -0.146. The van der Waals surface area contributed by atoms with Gasteiger partial charge in [-0.15, -0.1) is 0 Å². The fourth-order valence-electron chi connectivity index (χ4n) is 4.02. The van der Waals surface area contributed by atoms with Gasteiger partial charge in [-0.2, -0.15) is 5.09 Å². The Morgan fingerprint density at radius 1 is 1.22 bits per heavy atom. The van der Waals surface area contributed by atoms with Crippen molar-refractivity contribution in [1.82, 2.24) is 14.6 Å². The molecule has 2 aromatic carbocycles. The number of para-hydroxylation sites is 1. The largest absolute Gasteiger partial charge is 0.460 e. The van der Waals surface area contributed by atoms with Crippen LogP contribution in [-0.2, 0) is 30.0 Å². The molecule has 1 aliphatic heterocycles. The van der Waals surface area contributed by atoms with Crippen LogP contribution in [0.3, 0.4) is 0 Å². The molecule has 6 atom stereocenters. The number of alkyl halides is 1. The van der Waals surface area contributed by atoms with Crippen molar-refractivity contribution in [3.63, 3.8) is 0 Å². The first-order valence-electron chi connectivity index (χ1n) is 12.4. The molecule has 4 rings (SSSR count). The molecule has 1 aliphatic rings. The van der Waals surface area contributed by atoms with Gasteiger partial charge in [0.15, 0.2) is 11.9 Å². The number of nitrogens with one attached hydrogen (secondary N) is 2. The van der Waals surface area contributed by atoms with Gasteiger partial charge in [0.25, 0.3) is 5.56 Å². The molecule has 0 spiro atoms. The number of carbonyl (C=O) groups excluding carboxylic acids is 1. The van der Waals surface area contributed by atoms with Crippen molar-refractivity contribution in [2.75, 3.05) is 6.61 Å². The Kier molecular flexibility index (Phi) is 9.48. The van der Waals surface area contributed by atoms with Gasteiger partial charge in [-0.1, -0.05) is 54.1 Å². The quantitative estimate of drug-likeness (QED) is 0.217. The third-order valence-electron chi connectivity index (χ3n) is 6.21. The van der Waals surface area contributed by atoms with Gasteiger partial charge < -0.3 is 19.1 Å². The Morgan fingerprint density at radius 3 is 2.59 bits per heavy atom. The fourth-order valence-corrected chi connectivity index (χ4v) is 5.77. The van der Waals surface area contributed by atoms with Crippen LogP contribution in [0.15, 0.2) is 76.4 Å². The minimum absolute atomic E-state index is 0.0368. The summed E-state index contributed by atoms with van der Waals surface area (Å²) in [7, 11) is -4.47. The number of esters is 1. The van der Waals surface area contributed by atoms with Crippen LogP contribution in [0.2, 0.25) is 5.02 Å². The molecule has 0 amide bonds. The van der Waals surface area contributed by atoms with Gasteiger partial charge in [-0.05, 0) is 31.5 Å². The Balaban J connectivity index is 1.50. The Labute approximate surface area is 238 Å². The number of aliphatic hydroxyl groups is 1. The van der Waals surface area contributed by atoms with Gasteiger partial charge in [0.1, 0.15) is 30.6 Å². The summed E-state index contributed by atoms with van der Waals surface area (Å²) in [5, 5.41) is 13.2. The number of aromatic amines is 1. The molecule has 220 valence electrons. The lowest BCUT2D eigenvalue weighted by Gasteiger charge is -2.25. The van der Waals surface area contributed by atoms with Crippen LogP contribution >= 0.6 is 19.3 Å². The summed E-state index contributed by atoms with van der Waals surface area (Å²) >= 11 is 6.15. The SMILES string of the molecule is C[C@H](NP(=O)(OC[C@H]1O[C@@H](n2ccc(=O)[nH]c2=O)[C@](C)(F)[C@@H]1O)Oc1ccccc1Cl)C(=O)OCc1ccccc1. The predicted molar refractivity (Wildman–Crippen MR) is 145 cm³/mol. The van der Waals surface area contributed by atoms with Crippen LogP contribution in [0.25, 0.3) is 0 Å². The van der Waals surface area contributed by atoms with Crippen molar-refractivity contribution in [2.45, 2.75) is 50.6 Å². The van der Waals surface area contributed by atoms with E-state index in [0.717, 1.165) is 29.3 Å². The maximum absolute atomic E-state index is 15.6. The third-order valence-corrected chi connectivity index (χ3v) is 8.16. The van der Waals surface area contributed by atoms with Crippen molar-refractivity contribution in [2.24, 2.45) is 0 Å². The highest BCUT2D eigenvalue weighted by Crippen LogP contribution is 2.48. The smallest absolute Gasteiger partial charge is 0.459 e. The van der Waals surface area contributed by atoms with E-state index in [2.05, 4.69) is 5.09 Å². The van der Waals surface area contributed by atoms with Crippen LogP contribution in [-0.4, -0.2) is 51.2 Å². The highest BCUT2D eigenvalue weighted by molar-refractivity contribution is 7.52. The molecule has 1 fully saturated rings. The molecule has 0 saturated carbocycles. The lowest BCUT2D eigenvalue weighted by Crippen LogP contribution is -2.43. The van der Waals surface area contributed by atoms with Gasteiger partial charge in [0.2, 0.25) is 0 Å². The van der Waals surface area contributed by atoms with Crippen LogP contribution in [0.4, 0.5) is 4.39 Å². The van der Waals surface area contributed by atoms with Crippen molar-refractivity contribution < 1.29 is 37.4 Å². The number of rotatable bonds is 11. The molecule has 0 aliphatic carbocycles. The van der Waals surface area contributed by atoms with Crippen LogP contribution in [0.5, 0.6) is 5.75 Å². The van der Waals surface area contributed by atoms with E-state index >= 15 is 4.39 Å². The van der Waals surface area contributed by atoms with E-state index in [1.165, 1.54) is 19.1 Å². The molecule has 1 saturated heterocycles. The number of ether oxygens (including phenoxy) is 2. The predicted octanol–water partition coefficient (Wildman–Crippen LogP) is 3.10. The summed E-state index contributed by atoms with van der Waals surface area (Å²) in [6, 6.07) is 14.8. The zero-order valence-corrected chi connectivity index (χ0v) is 23.6. The van der Waals surface area contributed by atoms with E-state index in [9.17, 15) is 24.1 Å². The van der Waals surface area contributed by atoms with E-state index in [0.29, 0.717) is 0 Å². The van der Waals surface area contributed by atoms with Gasteiger partial charge >= 0.3 is 19.4 Å². The third kappa shape index (κ3) is 7.31. The highest BCUT2D eigenvalue weighted by atomic mass is 35.5. The zero-order chi connectivity index (χ0) is 29.8. The number of halogens is 2. The summed E-state index contributed by atoms with van der Waals surface area (Å²) in [6.07, 6.45) is -3.93. The molecule has 0 radical (unpaired) electrons. The minimum atomic E-state index is -4.47. The molecule has 3 aromatic rings. The highest BCUT2D eigenvalue weighted by Gasteiger charge is 2.56. The van der Waals surface area contributed by atoms with Crippen LogP contribution < -0.4 is 20.9 Å². The number of aromatic nitrogens is 2. The lowest BCUT2D eigenvalue weighted by atomic mass is 9.98. The molecular formula is C26H28ClFN3O9P. The standard InChI is InChI=1S/C26H28ClFN3O9P/c1-16(23(34)37-14-17-8-4-3-5-9-17)30-41(36,40-19-11-7-6-10-18(19)27)38-15-20-22(33)26(2,28)24(39-20)31-13-12-21(32)29-25(31)35/h3-13,16,20,22,24,33H,14-15H2,1-2H3,(H,30,36)(H,29,32,35)/t16-,20+,22+,24+,26+,41?/m0/s1. The summed E-state index contributed by atoms with van der Waals surface area (Å²) in [5.74, 6) is -0.817. The van der Waals surface area contributed by atoms with Gasteiger partial charge in [-0.25, -0.2) is 13.8 Å². The van der Waals surface area contributed by atoms with E-state index < -0.39 is 61.7 Å². The van der Waals surface area contributed by atoms with E-state index in [4.69, 9.17) is 30.1 Å². The molecule has 0 bridgehead atoms. The van der Waals surface area contributed by atoms with Crippen molar-refractivity contribution in [3.05, 3.63) is 98.3 Å².